The number of rotatable bonds is 9. The summed E-state index contributed by atoms with van der Waals surface area (Å²) in [7, 11) is 1.50. The van der Waals surface area contributed by atoms with Crippen molar-refractivity contribution in [1.29, 1.82) is 0 Å². The predicted molar refractivity (Wildman–Crippen MR) is 131 cm³/mol. The minimum atomic E-state index is -1.27. The molecule has 2 unspecified atom stereocenters. The van der Waals surface area contributed by atoms with Crippen LogP contribution in [0.5, 0.6) is 0 Å². The Balaban J connectivity index is 0.00000176. The van der Waals surface area contributed by atoms with Gasteiger partial charge >= 0.3 is 11.9 Å². The minimum absolute atomic E-state index is 0.0174. The number of nitrogens with two attached hydrogens (primary N) is 1. The second-order valence-corrected chi connectivity index (χ2v) is 10.3. The number of hydrogen-bond donors (Lipinski definition) is 4. The van der Waals surface area contributed by atoms with Crippen LogP contribution in [0.25, 0.3) is 0 Å². The van der Waals surface area contributed by atoms with Gasteiger partial charge in [0.05, 0.1) is 6.42 Å². The standard InChI is InChI=1S/C20H22N6O6S2.CH5N/c1-11-4-2-3-5-12(11)6-13(27)21-15-16(30)25-8-20(18(31)32,9-33-17(15)25)10-34-19-22-23-24-26(19)7-14(28)29;1-2/h2-5,15,17H,6-10H2,1H3,(H,21,27)(H,28,29)(H,31,32);2H2,1H3/t15?,17-,20?;/m1./s1. The van der Waals surface area contributed by atoms with Gasteiger partial charge < -0.3 is 26.2 Å². The smallest absolute Gasteiger partial charge is 0.325 e. The van der Waals surface area contributed by atoms with E-state index in [-0.39, 0.29) is 46.8 Å². The zero-order valence-electron chi connectivity index (χ0n) is 19.7. The SMILES string of the molecule is CN.Cc1ccccc1CC(=O)NC1C(=O)N2CC(CSc3nnnn3CC(=O)O)(C(=O)O)CS[C@H]12. The predicted octanol–water partition coefficient (Wildman–Crippen LogP) is -0.553. The molecule has 5 N–H and O–H groups in total. The molecule has 0 radical (unpaired) electrons. The number of aromatic nitrogens is 4. The highest BCUT2D eigenvalue weighted by Crippen LogP contribution is 2.44. The molecule has 13 nitrogen and oxygen atoms in total. The monoisotopic (exact) mass is 537 g/mol. The van der Waals surface area contributed by atoms with Crippen molar-refractivity contribution in [3.05, 3.63) is 35.4 Å². The second-order valence-electron chi connectivity index (χ2n) is 8.20. The lowest BCUT2D eigenvalue weighted by Gasteiger charge is -2.53. The third kappa shape index (κ3) is 5.79. The minimum Gasteiger partial charge on any atom is -0.481 e. The van der Waals surface area contributed by atoms with Crippen LogP contribution in [0.4, 0.5) is 0 Å². The molecule has 3 heterocycles. The van der Waals surface area contributed by atoms with Crippen LogP contribution in [0.15, 0.2) is 29.4 Å². The molecule has 4 rings (SSSR count). The highest BCUT2D eigenvalue weighted by molar-refractivity contribution is 8.00. The number of carboxylic acids is 2. The van der Waals surface area contributed by atoms with Gasteiger partial charge in [0.15, 0.2) is 0 Å². The Morgan fingerprint density at radius 3 is 2.67 bits per heavy atom. The van der Waals surface area contributed by atoms with Crippen molar-refractivity contribution in [3.8, 4) is 0 Å². The van der Waals surface area contributed by atoms with Crippen LogP contribution >= 0.6 is 23.5 Å². The van der Waals surface area contributed by atoms with E-state index in [1.165, 1.54) is 23.7 Å². The Morgan fingerprint density at radius 1 is 1.28 bits per heavy atom. The lowest BCUT2D eigenvalue weighted by molar-refractivity contribution is -0.157. The van der Waals surface area contributed by atoms with Crippen LogP contribution in [0.3, 0.4) is 0 Å². The summed E-state index contributed by atoms with van der Waals surface area (Å²) in [5.74, 6) is -2.50. The van der Waals surface area contributed by atoms with Crippen LogP contribution < -0.4 is 11.1 Å². The zero-order chi connectivity index (χ0) is 26.5. The molecule has 194 valence electrons. The highest BCUT2D eigenvalue weighted by atomic mass is 32.2. The van der Waals surface area contributed by atoms with Gasteiger partial charge in [-0.3, -0.25) is 19.2 Å². The molecule has 0 saturated carbocycles. The normalized spacial score (nSPS) is 22.5. The molecule has 1 aromatic carbocycles. The van der Waals surface area contributed by atoms with E-state index in [0.717, 1.165) is 27.6 Å². The lowest BCUT2D eigenvalue weighted by Crippen LogP contribution is -2.74. The molecule has 2 amide bonds. The van der Waals surface area contributed by atoms with Crippen molar-refractivity contribution in [2.24, 2.45) is 11.1 Å². The maximum Gasteiger partial charge on any atom is 0.325 e. The van der Waals surface area contributed by atoms with Crippen molar-refractivity contribution in [3.63, 3.8) is 0 Å². The first-order valence-electron chi connectivity index (χ1n) is 10.9. The Labute approximate surface area is 215 Å². The molecule has 0 spiro atoms. The number of carboxylic acid groups (broad SMARTS) is 2. The van der Waals surface area contributed by atoms with Gasteiger partial charge in [-0.05, 0) is 35.5 Å². The summed E-state index contributed by atoms with van der Waals surface area (Å²) in [5, 5.41) is 32.4. The number of β-lactam (4-membered cyclic amide) rings is 1. The van der Waals surface area contributed by atoms with E-state index in [2.05, 4.69) is 26.6 Å². The number of fused-ring (bicyclic) bond motifs is 1. The first-order chi connectivity index (χ1) is 17.2. The first kappa shape index (κ1) is 27.4. The van der Waals surface area contributed by atoms with Gasteiger partial charge in [-0.15, -0.1) is 16.9 Å². The number of tetrazole rings is 1. The van der Waals surface area contributed by atoms with Crippen molar-refractivity contribution >= 4 is 47.3 Å². The van der Waals surface area contributed by atoms with E-state index in [9.17, 15) is 24.3 Å². The molecule has 2 saturated heterocycles. The molecule has 15 heteroatoms. The fourth-order valence-corrected chi connectivity index (χ4v) is 6.58. The largest absolute Gasteiger partial charge is 0.481 e. The van der Waals surface area contributed by atoms with Crippen molar-refractivity contribution in [1.82, 2.24) is 30.4 Å². The zero-order valence-corrected chi connectivity index (χ0v) is 21.3. The van der Waals surface area contributed by atoms with Crippen LogP contribution in [0.1, 0.15) is 11.1 Å². The number of carbonyl (C=O) groups is 4. The number of nitrogens with one attached hydrogen (secondary N) is 1. The number of nitrogens with zero attached hydrogens (tertiary/aromatic N) is 5. The molecule has 36 heavy (non-hydrogen) atoms. The van der Waals surface area contributed by atoms with E-state index in [1.54, 1.807) is 0 Å². The Kier molecular flexibility index (Phi) is 8.92. The summed E-state index contributed by atoms with van der Waals surface area (Å²) in [6, 6.07) is 6.84. The lowest BCUT2D eigenvalue weighted by atomic mass is 9.89. The highest BCUT2D eigenvalue weighted by Gasteiger charge is 2.57. The number of aryl methyl sites for hydroxylation is 1. The number of aliphatic carboxylic acids is 2. The van der Waals surface area contributed by atoms with Gasteiger partial charge in [0.2, 0.25) is 17.0 Å². The number of thioether (sulfide) groups is 2. The molecule has 1 aromatic heterocycles. The first-order valence-corrected chi connectivity index (χ1v) is 12.9. The third-order valence-electron chi connectivity index (χ3n) is 5.79. The van der Waals surface area contributed by atoms with Gasteiger partial charge in [-0.2, -0.15) is 0 Å². The molecule has 2 aliphatic heterocycles. The van der Waals surface area contributed by atoms with Crippen molar-refractivity contribution < 1.29 is 29.4 Å². The van der Waals surface area contributed by atoms with Gasteiger partial charge in [0.25, 0.3) is 0 Å². The van der Waals surface area contributed by atoms with Crippen LogP contribution in [-0.2, 0) is 32.1 Å². The summed E-state index contributed by atoms with van der Waals surface area (Å²) in [4.78, 5) is 49.9. The van der Waals surface area contributed by atoms with Gasteiger partial charge in [-0.1, -0.05) is 36.0 Å². The van der Waals surface area contributed by atoms with E-state index < -0.39 is 29.9 Å². The molecular weight excluding hydrogens is 510 g/mol. The number of benzene rings is 1. The van der Waals surface area contributed by atoms with Gasteiger partial charge in [-0.25, -0.2) is 4.68 Å². The summed E-state index contributed by atoms with van der Waals surface area (Å²) in [5.41, 5.74) is 5.11. The van der Waals surface area contributed by atoms with Gasteiger partial charge in [0, 0.05) is 18.1 Å². The fraction of sp³-hybridized carbons (Fsp3) is 0.476. The van der Waals surface area contributed by atoms with E-state index >= 15 is 0 Å². The fourth-order valence-electron chi connectivity index (χ4n) is 3.84. The Hall–Kier alpha value is -3.17. The molecule has 0 aliphatic carbocycles. The van der Waals surface area contributed by atoms with E-state index in [0.29, 0.717) is 0 Å². The average molecular weight is 538 g/mol. The van der Waals surface area contributed by atoms with Crippen LogP contribution in [0.2, 0.25) is 0 Å². The quantitative estimate of drug-likeness (QED) is 0.236. The number of amides is 2. The maximum absolute atomic E-state index is 12.8. The van der Waals surface area contributed by atoms with Crippen LogP contribution in [-0.4, -0.2) is 95.6 Å². The van der Waals surface area contributed by atoms with E-state index in [4.69, 9.17) is 5.11 Å². The third-order valence-corrected chi connectivity index (χ3v) is 8.62. The molecule has 3 atom stereocenters. The average Bonchev–Trinajstić information content (AvgIpc) is 3.29. The Morgan fingerprint density at radius 2 is 2.00 bits per heavy atom. The summed E-state index contributed by atoms with van der Waals surface area (Å²) in [6.07, 6.45) is 0.161. The van der Waals surface area contributed by atoms with Crippen molar-refractivity contribution in [2.75, 3.05) is 25.1 Å². The van der Waals surface area contributed by atoms with Crippen molar-refractivity contribution in [2.45, 2.75) is 36.5 Å². The Bertz CT molecular complexity index is 1150. The van der Waals surface area contributed by atoms with Gasteiger partial charge in [0.1, 0.15) is 23.4 Å². The molecule has 0 bridgehead atoms. The molecule has 2 aliphatic rings. The second kappa shape index (κ2) is 11.7. The summed E-state index contributed by atoms with van der Waals surface area (Å²) < 4.78 is 1.08. The van der Waals surface area contributed by atoms with E-state index in [1.807, 2.05) is 31.2 Å². The number of hydrogen-bond acceptors (Lipinski definition) is 10. The molecule has 2 fully saturated rings. The molecular formula is C21H27N7O6S2. The van der Waals surface area contributed by atoms with Crippen LogP contribution in [0, 0.1) is 12.3 Å². The topological polar surface area (TPSA) is 194 Å². The summed E-state index contributed by atoms with van der Waals surface area (Å²) >= 11 is 2.34. The summed E-state index contributed by atoms with van der Waals surface area (Å²) in [6.45, 7) is 1.46. The molecule has 2 aromatic rings. The number of carbonyl (C=O) groups excluding carboxylic acids is 2. The maximum atomic E-state index is 12.8.